The summed E-state index contributed by atoms with van der Waals surface area (Å²) in [6.45, 7) is -0.780. The number of azide groups is 1. The fraction of sp³-hybridized carbons (Fsp3) is 0.182. The summed E-state index contributed by atoms with van der Waals surface area (Å²) in [7, 11) is 0. The fourth-order valence-electron chi connectivity index (χ4n) is 1.78. The molecule has 1 aromatic heterocycles. The zero-order valence-electron chi connectivity index (χ0n) is 11.0. The monoisotopic (exact) mass is 309 g/mol. The van der Waals surface area contributed by atoms with E-state index >= 15 is 0 Å². The van der Waals surface area contributed by atoms with E-state index in [2.05, 4.69) is 15.1 Å². The molecule has 0 radical (unpaired) electrons. The predicted molar refractivity (Wildman–Crippen MR) is 72.9 cm³/mol. The van der Waals surface area contributed by atoms with Crippen LogP contribution in [0.15, 0.2) is 47.6 Å². The van der Waals surface area contributed by atoms with Gasteiger partial charge in [0.05, 0.1) is 4.92 Å². The minimum atomic E-state index is -2.71. The number of aromatic nitrogens is 2. The van der Waals surface area contributed by atoms with Crippen LogP contribution in [0.4, 0.5) is 20.3 Å². The first kappa shape index (κ1) is 15.2. The Morgan fingerprint density at radius 2 is 2.27 bits per heavy atom. The molecule has 0 aliphatic carbocycles. The van der Waals surface area contributed by atoms with Crippen LogP contribution in [-0.4, -0.2) is 21.1 Å². The van der Waals surface area contributed by atoms with Crippen LogP contribution in [0.2, 0.25) is 0 Å². The maximum Gasteiger partial charge on any atom is 0.331 e. The van der Waals surface area contributed by atoms with Crippen molar-refractivity contribution in [1.29, 1.82) is 0 Å². The molecule has 0 saturated carbocycles. The van der Waals surface area contributed by atoms with Gasteiger partial charge in [-0.1, -0.05) is 11.2 Å². The second-order valence-corrected chi connectivity index (χ2v) is 4.03. The Bertz CT molecular complexity index is 716. The smallest absolute Gasteiger partial charge is 0.303 e. The Hall–Kier alpha value is -3.20. The van der Waals surface area contributed by atoms with Gasteiger partial charge in [-0.15, -0.1) is 0 Å². The molecule has 0 unspecified atom stereocenters. The Morgan fingerprint density at radius 1 is 1.50 bits per heavy atom. The van der Waals surface area contributed by atoms with Crippen molar-refractivity contribution < 1.29 is 13.7 Å². The molecule has 11 heteroatoms. The second-order valence-electron chi connectivity index (χ2n) is 4.03. The molecule has 0 amide bonds. The zero-order chi connectivity index (χ0) is 16.1. The quantitative estimate of drug-likeness (QED) is 0.273. The zero-order valence-corrected chi connectivity index (χ0v) is 11.0. The molecule has 2 heterocycles. The first-order valence-corrected chi connectivity index (χ1v) is 5.91. The first-order valence-electron chi connectivity index (χ1n) is 5.91. The summed E-state index contributed by atoms with van der Waals surface area (Å²) in [5, 5.41) is 18.0. The molecule has 0 bridgehead atoms. The van der Waals surface area contributed by atoms with Crippen molar-refractivity contribution in [2.24, 2.45) is 5.11 Å². The summed E-state index contributed by atoms with van der Waals surface area (Å²) in [5.41, 5.74) is 8.23. The van der Waals surface area contributed by atoms with Crippen molar-refractivity contribution in [2.45, 2.75) is 13.0 Å². The molecule has 22 heavy (non-hydrogen) atoms. The number of hydrogen-bond acceptors (Lipinski definition) is 5. The van der Waals surface area contributed by atoms with Gasteiger partial charge in [0.15, 0.2) is 0 Å². The summed E-state index contributed by atoms with van der Waals surface area (Å²) < 4.78 is 26.0. The van der Waals surface area contributed by atoms with E-state index in [0.717, 1.165) is 10.9 Å². The number of halogens is 2. The lowest BCUT2D eigenvalue weighted by Gasteiger charge is -2.15. The highest BCUT2D eigenvalue weighted by Gasteiger charge is 2.25. The maximum absolute atomic E-state index is 12.6. The summed E-state index contributed by atoms with van der Waals surface area (Å²) in [6, 6.07) is 0. The molecule has 1 aromatic rings. The van der Waals surface area contributed by atoms with E-state index in [-0.39, 0.29) is 11.5 Å². The molecule has 1 aliphatic rings. The molecule has 114 valence electrons. The summed E-state index contributed by atoms with van der Waals surface area (Å²) >= 11 is 0. The third-order valence-electron chi connectivity index (χ3n) is 2.62. The van der Waals surface area contributed by atoms with Gasteiger partial charge in [0.1, 0.15) is 12.7 Å². The minimum Gasteiger partial charge on any atom is -0.303 e. The van der Waals surface area contributed by atoms with E-state index in [9.17, 15) is 18.9 Å². The lowest BCUT2D eigenvalue weighted by atomic mass is 10.4. The molecule has 2 rings (SSSR count). The van der Waals surface area contributed by atoms with E-state index in [0.29, 0.717) is 0 Å². The maximum atomic E-state index is 12.6. The molecule has 0 fully saturated rings. The number of allylic oxidation sites excluding steroid dienone is 3. The molecular weight excluding hydrogens is 300 g/mol. The van der Waals surface area contributed by atoms with Gasteiger partial charge in [-0.05, 0) is 17.7 Å². The molecule has 0 atom stereocenters. The normalized spacial score (nSPS) is 13.8. The van der Waals surface area contributed by atoms with Crippen LogP contribution < -0.4 is 4.90 Å². The van der Waals surface area contributed by atoms with E-state index in [1.165, 1.54) is 35.5 Å². The molecular formula is C11H9F2N7O2. The molecule has 0 saturated heterocycles. The van der Waals surface area contributed by atoms with Crippen LogP contribution in [0.25, 0.3) is 10.4 Å². The van der Waals surface area contributed by atoms with Crippen LogP contribution >= 0.6 is 0 Å². The number of alkyl halides is 2. The fourth-order valence-corrected chi connectivity index (χ4v) is 1.78. The van der Waals surface area contributed by atoms with Gasteiger partial charge in [0.25, 0.3) is 6.43 Å². The van der Waals surface area contributed by atoms with Gasteiger partial charge < -0.3 is 4.90 Å². The van der Waals surface area contributed by atoms with Crippen LogP contribution in [-0.2, 0) is 6.54 Å². The van der Waals surface area contributed by atoms with Gasteiger partial charge in [-0.2, -0.15) is 5.10 Å². The van der Waals surface area contributed by atoms with Gasteiger partial charge in [-0.3, -0.25) is 10.1 Å². The highest BCUT2D eigenvalue weighted by Crippen LogP contribution is 2.30. The number of hydrogen-bond donors (Lipinski definition) is 0. The summed E-state index contributed by atoms with van der Waals surface area (Å²) in [4.78, 5) is 14.2. The Balaban J connectivity index is 2.43. The first-order chi connectivity index (χ1) is 10.5. The molecule has 1 aliphatic heterocycles. The van der Waals surface area contributed by atoms with Crippen molar-refractivity contribution in [3.63, 3.8) is 0 Å². The third-order valence-corrected chi connectivity index (χ3v) is 2.62. The van der Waals surface area contributed by atoms with Crippen molar-refractivity contribution in [3.8, 4) is 0 Å². The average Bonchev–Trinajstić information content (AvgIpc) is 2.71. The standard InChI is InChI=1S/C11H9F2N7O2/c12-10(13)7-19-11(9(6-15-19)20(21)22)18-4-1-2-8(3-5-18)16-17-14/h1-6,10H,7H2. The van der Waals surface area contributed by atoms with Crippen LogP contribution in [0.3, 0.4) is 0 Å². The molecule has 0 N–H and O–H groups in total. The topological polar surface area (TPSA) is 113 Å². The van der Waals surface area contributed by atoms with Gasteiger partial charge >= 0.3 is 5.69 Å². The van der Waals surface area contributed by atoms with Crippen molar-refractivity contribution in [1.82, 2.24) is 9.78 Å². The SMILES string of the molecule is [N-]=[N+]=NC1=CC=CN(c2c([N+](=O)[O-])cnn2CC(F)F)C=C1. The van der Waals surface area contributed by atoms with Gasteiger partial charge in [-0.25, -0.2) is 13.5 Å². The Labute approximate surface area is 122 Å². The lowest BCUT2D eigenvalue weighted by Crippen LogP contribution is -2.17. The number of nitrogens with zero attached hydrogens (tertiary/aromatic N) is 7. The van der Waals surface area contributed by atoms with E-state index in [4.69, 9.17) is 5.53 Å². The predicted octanol–water partition coefficient (Wildman–Crippen LogP) is 3.10. The van der Waals surface area contributed by atoms with E-state index < -0.39 is 23.6 Å². The Kier molecular flexibility index (Phi) is 4.49. The van der Waals surface area contributed by atoms with Crippen LogP contribution in [0, 0.1) is 10.1 Å². The number of nitro groups is 1. The largest absolute Gasteiger partial charge is 0.331 e. The van der Waals surface area contributed by atoms with Crippen molar-refractivity contribution in [3.05, 3.63) is 63.1 Å². The summed E-state index contributed by atoms with van der Waals surface area (Å²) in [5.74, 6) is -0.117. The van der Waals surface area contributed by atoms with E-state index in [1.807, 2.05) is 0 Å². The van der Waals surface area contributed by atoms with Crippen molar-refractivity contribution >= 4 is 11.5 Å². The highest BCUT2D eigenvalue weighted by atomic mass is 19.3. The minimum absolute atomic E-state index is 0.117. The summed E-state index contributed by atoms with van der Waals surface area (Å²) in [6.07, 6.45) is 5.28. The van der Waals surface area contributed by atoms with Crippen LogP contribution in [0.5, 0.6) is 0 Å². The molecule has 9 nitrogen and oxygen atoms in total. The average molecular weight is 309 g/mol. The van der Waals surface area contributed by atoms with E-state index in [1.54, 1.807) is 0 Å². The highest BCUT2D eigenvalue weighted by molar-refractivity contribution is 5.62. The second kappa shape index (κ2) is 6.50. The van der Waals surface area contributed by atoms with Gasteiger partial charge in [0.2, 0.25) is 5.82 Å². The number of rotatable bonds is 5. The van der Waals surface area contributed by atoms with Gasteiger partial charge in [0, 0.05) is 23.0 Å². The molecule has 0 spiro atoms. The van der Waals surface area contributed by atoms with Crippen molar-refractivity contribution in [2.75, 3.05) is 4.90 Å². The number of anilines is 1. The Morgan fingerprint density at radius 3 is 2.91 bits per heavy atom. The molecule has 0 aromatic carbocycles. The van der Waals surface area contributed by atoms with Crippen LogP contribution in [0.1, 0.15) is 0 Å². The third kappa shape index (κ3) is 3.27. The lowest BCUT2D eigenvalue weighted by molar-refractivity contribution is -0.384.